The summed E-state index contributed by atoms with van der Waals surface area (Å²) in [6.07, 6.45) is 0.966. The van der Waals surface area contributed by atoms with Crippen LogP contribution < -0.4 is 10.5 Å². The quantitative estimate of drug-likeness (QED) is 0.443. The van der Waals surface area contributed by atoms with Gasteiger partial charge in [0.2, 0.25) is 0 Å². The molecule has 29 heavy (non-hydrogen) atoms. The van der Waals surface area contributed by atoms with Gasteiger partial charge in [0.15, 0.2) is 0 Å². The molecule has 0 saturated heterocycles. The van der Waals surface area contributed by atoms with E-state index in [0.29, 0.717) is 23.4 Å². The molecule has 2 aromatic carbocycles. The summed E-state index contributed by atoms with van der Waals surface area (Å²) in [6, 6.07) is 17.8. The number of fused-ring (bicyclic) bond motifs is 3. The summed E-state index contributed by atoms with van der Waals surface area (Å²) in [7, 11) is 0. The highest BCUT2D eigenvalue weighted by molar-refractivity contribution is 7.21. The summed E-state index contributed by atoms with van der Waals surface area (Å²) in [5.41, 5.74) is 3.00. The summed E-state index contributed by atoms with van der Waals surface area (Å²) in [5, 5.41) is 1.64. The number of carbonyl (C=O) groups is 1. The average Bonchev–Trinajstić information content (AvgIpc) is 3.21. The Morgan fingerprint density at radius 1 is 1.00 bits per heavy atom. The Labute approximate surface area is 174 Å². The lowest BCUT2D eigenvalue weighted by Crippen LogP contribution is -2.29. The zero-order valence-electron chi connectivity index (χ0n) is 16.9. The summed E-state index contributed by atoms with van der Waals surface area (Å²) in [5.74, 6) is -0.0653. The second-order valence-electron chi connectivity index (χ2n) is 6.99. The smallest absolute Gasteiger partial charge is 0.268 e. The summed E-state index contributed by atoms with van der Waals surface area (Å²) in [4.78, 5) is 28.7. The van der Waals surface area contributed by atoms with Crippen LogP contribution in [0.15, 0.2) is 59.4 Å². The third-order valence-electron chi connectivity index (χ3n) is 5.39. The number of amides is 1. The lowest BCUT2D eigenvalue weighted by atomic mass is 10.1. The van der Waals surface area contributed by atoms with E-state index in [-0.39, 0.29) is 11.5 Å². The van der Waals surface area contributed by atoms with Gasteiger partial charge >= 0.3 is 0 Å². The Balaban J connectivity index is 1.85. The fourth-order valence-corrected chi connectivity index (χ4v) is 4.95. The van der Waals surface area contributed by atoms with Gasteiger partial charge in [-0.3, -0.25) is 9.59 Å². The van der Waals surface area contributed by atoms with Gasteiger partial charge in [-0.2, -0.15) is 0 Å². The van der Waals surface area contributed by atoms with Gasteiger partial charge in [0.1, 0.15) is 0 Å². The molecule has 0 atom stereocenters. The van der Waals surface area contributed by atoms with Crippen molar-refractivity contribution in [2.24, 2.45) is 0 Å². The molecule has 2 heterocycles. The molecule has 0 aliphatic carbocycles. The molecule has 0 unspecified atom stereocenters. The standard InChI is InChI=1S/C24H24N2O2S/c1-4-16-11-13-17(14-12-16)25(5-2)24(28)21-15-19-22(29-21)18-9-7-8-10-20(18)26(6-3)23(19)27/h7-15H,4-6H2,1-3H3. The minimum atomic E-state index is -0.0653. The van der Waals surface area contributed by atoms with Gasteiger partial charge in [0.25, 0.3) is 11.5 Å². The summed E-state index contributed by atoms with van der Waals surface area (Å²) >= 11 is 1.41. The molecule has 0 spiro atoms. The normalized spacial score (nSPS) is 11.3. The van der Waals surface area contributed by atoms with Gasteiger partial charge in [0.05, 0.1) is 15.8 Å². The molecule has 0 fully saturated rings. The van der Waals surface area contributed by atoms with Crippen LogP contribution in [0.4, 0.5) is 5.69 Å². The van der Waals surface area contributed by atoms with Gasteiger partial charge in [-0.1, -0.05) is 37.3 Å². The fraction of sp³-hybridized carbons (Fsp3) is 0.250. The van der Waals surface area contributed by atoms with Crippen molar-refractivity contribution in [3.63, 3.8) is 0 Å². The molecule has 1 amide bonds. The largest absolute Gasteiger partial charge is 0.308 e. The molecule has 0 aliphatic heterocycles. The van der Waals surface area contributed by atoms with E-state index in [1.807, 2.05) is 50.2 Å². The molecule has 4 aromatic rings. The van der Waals surface area contributed by atoms with Crippen molar-refractivity contribution in [3.8, 4) is 0 Å². The first kappa shape index (κ1) is 19.4. The number of hydrogen-bond acceptors (Lipinski definition) is 3. The van der Waals surface area contributed by atoms with E-state index in [0.717, 1.165) is 27.7 Å². The Bertz CT molecular complexity index is 1250. The minimum absolute atomic E-state index is 0.0353. The summed E-state index contributed by atoms with van der Waals surface area (Å²) < 4.78 is 2.66. The number of hydrogen-bond donors (Lipinski definition) is 0. The van der Waals surface area contributed by atoms with Gasteiger partial charge < -0.3 is 9.47 Å². The van der Waals surface area contributed by atoms with Gasteiger partial charge in [0, 0.05) is 28.9 Å². The third-order valence-corrected chi connectivity index (χ3v) is 6.55. The van der Waals surface area contributed by atoms with Crippen LogP contribution in [0.2, 0.25) is 0 Å². The fourth-order valence-electron chi connectivity index (χ4n) is 3.81. The second-order valence-corrected chi connectivity index (χ2v) is 8.04. The van der Waals surface area contributed by atoms with Crippen LogP contribution in [0, 0.1) is 0 Å². The third kappa shape index (κ3) is 3.25. The Morgan fingerprint density at radius 3 is 2.38 bits per heavy atom. The van der Waals surface area contributed by atoms with Crippen LogP contribution in [0.5, 0.6) is 0 Å². The number of pyridine rings is 1. The number of nitrogens with zero attached hydrogens (tertiary/aromatic N) is 2. The molecule has 0 bridgehead atoms. The highest BCUT2D eigenvalue weighted by atomic mass is 32.1. The zero-order chi connectivity index (χ0) is 20.5. The van der Waals surface area contributed by atoms with E-state index in [1.54, 1.807) is 15.5 Å². The van der Waals surface area contributed by atoms with Crippen LogP contribution in [0.1, 0.15) is 36.0 Å². The molecule has 0 saturated carbocycles. The van der Waals surface area contributed by atoms with Gasteiger partial charge in [-0.25, -0.2) is 0 Å². The van der Waals surface area contributed by atoms with Gasteiger partial charge in [-0.05, 0) is 50.1 Å². The maximum atomic E-state index is 13.3. The van der Waals surface area contributed by atoms with E-state index in [1.165, 1.54) is 16.9 Å². The lowest BCUT2D eigenvalue weighted by molar-refractivity contribution is 0.0992. The molecule has 5 heteroatoms. The Hall–Kier alpha value is -2.92. The predicted octanol–water partition coefficient (Wildman–Crippen LogP) is 5.47. The van der Waals surface area contributed by atoms with E-state index in [4.69, 9.17) is 0 Å². The van der Waals surface area contributed by atoms with E-state index in [9.17, 15) is 9.59 Å². The van der Waals surface area contributed by atoms with Gasteiger partial charge in [-0.15, -0.1) is 11.3 Å². The maximum absolute atomic E-state index is 13.3. The Kier molecular flexibility index (Phi) is 5.24. The number of thiophene rings is 1. The van der Waals surface area contributed by atoms with E-state index in [2.05, 4.69) is 19.1 Å². The van der Waals surface area contributed by atoms with Crippen LogP contribution in [0.3, 0.4) is 0 Å². The van der Waals surface area contributed by atoms with Crippen LogP contribution >= 0.6 is 11.3 Å². The van der Waals surface area contributed by atoms with Crippen LogP contribution in [-0.2, 0) is 13.0 Å². The van der Waals surface area contributed by atoms with E-state index < -0.39 is 0 Å². The van der Waals surface area contributed by atoms with Crippen molar-refractivity contribution >= 4 is 43.9 Å². The first-order valence-corrected chi connectivity index (χ1v) is 10.9. The Morgan fingerprint density at radius 2 is 1.72 bits per heavy atom. The maximum Gasteiger partial charge on any atom is 0.268 e. The first-order valence-electron chi connectivity index (χ1n) is 10.0. The molecule has 4 rings (SSSR count). The molecule has 148 valence electrons. The van der Waals surface area contributed by atoms with Crippen molar-refractivity contribution in [2.45, 2.75) is 33.7 Å². The molecule has 0 radical (unpaired) electrons. The minimum Gasteiger partial charge on any atom is -0.308 e. The van der Waals surface area contributed by atoms with Crippen molar-refractivity contribution < 1.29 is 4.79 Å². The molecule has 2 aromatic heterocycles. The molecule has 0 aliphatic rings. The van der Waals surface area contributed by atoms with Crippen molar-refractivity contribution in [3.05, 3.63) is 75.4 Å². The first-order chi connectivity index (χ1) is 14.1. The monoisotopic (exact) mass is 404 g/mol. The summed E-state index contributed by atoms with van der Waals surface area (Å²) in [6.45, 7) is 7.22. The molecule has 4 nitrogen and oxygen atoms in total. The molecular weight excluding hydrogens is 380 g/mol. The number of benzene rings is 2. The number of aromatic nitrogens is 1. The zero-order valence-corrected chi connectivity index (χ0v) is 17.8. The highest BCUT2D eigenvalue weighted by Crippen LogP contribution is 2.32. The number of para-hydroxylation sites is 1. The van der Waals surface area contributed by atoms with Crippen molar-refractivity contribution in [1.82, 2.24) is 4.57 Å². The van der Waals surface area contributed by atoms with Crippen LogP contribution in [0.25, 0.3) is 21.0 Å². The topological polar surface area (TPSA) is 42.3 Å². The number of rotatable bonds is 5. The van der Waals surface area contributed by atoms with E-state index >= 15 is 0 Å². The highest BCUT2D eigenvalue weighted by Gasteiger charge is 2.21. The van der Waals surface area contributed by atoms with Crippen molar-refractivity contribution in [2.75, 3.05) is 11.4 Å². The molecule has 0 N–H and O–H groups in total. The molecular formula is C24H24N2O2S. The predicted molar refractivity (Wildman–Crippen MR) is 122 cm³/mol. The SMILES string of the molecule is CCc1ccc(N(CC)C(=O)c2cc3c(=O)n(CC)c4ccccc4c3s2)cc1. The van der Waals surface area contributed by atoms with Crippen molar-refractivity contribution in [1.29, 1.82) is 0 Å². The number of anilines is 1. The second kappa shape index (κ2) is 7.84. The number of carbonyl (C=O) groups excluding carboxylic acids is 1. The average molecular weight is 405 g/mol. The number of aryl methyl sites for hydroxylation is 2. The van der Waals surface area contributed by atoms with Crippen LogP contribution in [-0.4, -0.2) is 17.0 Å². The lowest BCUT2D eigenvalue weighted by Gasteiger charge is -2.20.